The summed E-state index contributed by atoms with van der Waals surface area (Å²) in [5.41, 5.74) is 4.53. The van der Waals surface area contributed by atoms with Gasteiger partial charge in [0.2, 0.25) is 0 Å². The summed E-state index contributed by atoms with van der Waals surface area (Å²) < 4.78 is 7.54. The van der Waals surface area contributed by atoms with Crippen molar-refractivity contribution in [1.82, 2.24) is 19.7 Å². The SMILES string of the molecule is Cc1nn(C)c(C)c1[C@@H]1COCCN1C(=O)Nc1cccc2cccnc12. The number of carbonyl (C=O) groups excluding carboxylic acids is 1. The second-order valence-electron chi connectivity index (χ2n) is 6.80. The Morgan fingerprint density at radius 2 is 2.07 bits per heavy atom. The molecule has 0 spiro atoms. The number of nitrogens with zero attached hydrogens (tertiary/aromatic N) is 4. The van der Waals surface area contributed by atoms with Crippen LogP contribution in [0.5, 0.6) is 0 Å². The summed E-state index contributed by atoms with van der Waals surface area (Å²) >= 11 is 0. The van der Waals surface area contributed by atoms with Crippen LogP contribution in [0.25, 0.3) is 10.9 Å². The summed E-state index contributed by atoms with van der Waals surface area (Å²) in [4.78, 5) is 19.4. The molecule has 0 radical (unpaired) electrons. The number of hydrogen-bond acceptors (Lipinski definition) is 4. The lowest BCUT2D eigenvalue weighted by Gasteiger charge is -2.36. The molecule has 2 aromatic heterocycles. The van der Waals surface area contributed by atoms with E-state index < -0.39 is 0 Å². The molecule has 7 heteroatoms. The molecule has 1 atom stereocenters. The third-order valence-corrected chi connectivity index (χ3v) is 5.16. The van der Waals surface area contributed by atoms with E-state index in [9.17, 15) is 4.79 Å². The Balaban J connectivity index is 1.65. The standard InChI is InChI=1S/C20H23N5O2/c1-13-18(14(2)24(3)23-13)17-12-27-11-10-25(17)20(26)22-16-8-4-6-15-7-5-9-21-19(15)16/h4-9,17H,10-12H2,1-3H3,(H,22,26)/t17-/m0/s1. The van der Waals surface area contributed by atoms with Gasteiger partial charge in [-0.2, -0.15) is 5.10 Å². The summed E-state index contributed by atoms with van der Waals surface area (Å²) in [7, 11) is 1.92. The van der Waals surface area contributed by atoms with Crippen LogP contribution in [0.4, 0.5) is 10.5 Å². The highest BCUT2D eigenvalue weighted by molar-refractivity contribution is 5.99. The fourth-order valence-electron chi connectivity index (χ4n) is 3.75. The largest absolute Gasteiger partial charge is 0.377 e. The minimum Gasteiger partial charge on any atom is -0.377 e. The number of nitrogens with one attached hydrogen (secondary N) is 1. The average molecular weight is 365 g/mol. The number of anilines is 1. The van der Waals surface area contributed by atoms with Crippen molar-refractivity contribution in [1.29, 1.82) is 0 Å². The number of morpholine rings is 1. The molecule has 3 aromatic rings. The van der Waals surface area contributed by atoms with Gasteiger partial charge in [0.15, 0.2) is 0 Å². The van der Waals surface area contributed by atoms with Gasteiger partial charge in [-0.1, -0.05) is 18.2 Å². The number of pyridine rings is 1. The molecule has 7 nitrogen and oxygen atoms in total. The van der Waals surface area contributed by atoms with Crippen molar-refractivity contribution in [3.05, 3.63) is 53.5 Å². The molecular formula is C20H23N5O2. The molecule has 1 aromatic carbocycles. The first-order valence-corrected chi connectivity index (χ1v) is 9.05. The van der Waals surface area contributed by atoms with Crippen LogP contribution in [0.3, 0.4) is 0 Å². The number of amides is 2. The Labute approximate surface area is 157 Å². The number of ether oxygens (including phenoxy) is 1. The van der Waals surface area contributed by atoms with Gasteiger partial charge in [0, 0.05) is 36.4 Å². The van der Waals surface area contributed by atoms with Gasteiger partial charge in [-0.3, -0.25) is 9.67 Å². The highest BCUT2D eigenvalue weighted by atomic mass is 16.5. The van der Waals surface area contributed by atoms with Gasteiger partial charge < -0.3 is 15.0 Å². The quantitative estimate of drug-likeness (QED) is 0.757. The average Bonchev–Trinajstić information content (AvgIpc) is 2.93. The van der Waals surface area contributed by atoms with Crippen LogP contribution in [0.2, 0.25) is 0 Å². The van der Waals surface area contributed by atoms with E-state index in [2.05, 4.69) is 15.4 Å². The predicted molar refractivity (Wildman–Crippen MR) is 104 cm³/mol. The lowest BCUT2D eigenvalue weighted by molar-refractivity contribution is 0.0143. The van der Waals surface area contributed by atoms with Crippen LogP contribution in [0, 0.1) is 13.8 Å². The van der Waals surface area contributed by atoms with E-state index in [4.69, 9.17) is 4.74 Å². The fraction of sp³-hybridized carbons (Fsp3) is 0.350. The van der Waals surface area contributed by atoms with Gasteiger partial charge in [0.05, 0.1) is 36.2 Å². The first-order valence-electron chi connectivity index (χ1n) is 9.05. The first kappa shape index (κ1) is 17.5. The molecule has 3 heterocycles. The number of aryl methyl sites for hydroxylation is 2. The third kappa shape index (κ3) is 3.14. The van der Waals surface area contributed by atoms with Crippen LogP contribution in [0.15, 0.2) is 36.5 Å². The molecule has 140 valence electrons. The summed E-state index contributed by atoms with van der Waals surface area (Å²) in [6, 6.07) is 9.35. The Hall–Kier alpha value is -2.93. The molecule has 27 heavy (non-hydrogen) atoms. The minimum absolute atomic E-state index is 0.149. The van der Waals surface area contributed by atoms with Gasteiger partial charge in [-0.25, -0.2) is 4.79 Å². The van der Waals surface area contributed by atoms with Crippen molar-refractivity contribution in [3.8, 4) is 0 Å². The second kappa shape index (κ2) is 7.00. The molecule has 0 bridgehead atoms. The van der Waals surface area contributed by atoms with Crippen LogP contribution >= 0.6 is 0 Å². The molecule has 0 aliphatic carbocycles. The third-order valence-electron chi connectivity index (χ3n) is 5.16. The van der Waals surface area contributed by atoms with Crippen molar-refractivity contribution in [3.63, 3.8) is 0 Å². The minimum atomic E-state index is -0.157. The van der Waals surface area contributed by atoms with Gasteiger partial charge in [-0.15, -0.1) is 0 Å². The number of hydrogen-bond donors (Lipinski definition) is 1. The second-order valence-corrected chi connectivity index (χ2v) is 6.80. The van der Waals surface area contributed by atoms with E-state index in [1.54, 1.807) is 6.20 Å². The van der Waals surface area contributed by atoms with E-state index in [1.165, 1.54) is 0 Å². The molecule has 2 amide bonds. The molecule has 0 saturated carbocycles. The van der Waals surface area contributed by atoms with Crippen LogP contribution < -0.4 is 5.32 Å². The maximum Gasteiger partial charge on any atom is 0.322 e. The van der Waals surface area contributed by atoms with Crippen LogP contribution in [-0.2, 0) is 11.8 Å². The summed E-state index contributed by atoms with van der Waals surface area (Å²) in [6.07, 6.45) is 1.73. The molecule has 1 saturated heterocycles. The Morgan fingerprint density at radius 1 is 1.26 bits per heavy atom. The lowest BCUT2D eigenvalue weighted by Crippen LogP contribution is -2.45. The van der Waals surface area contributed by atoms with Crippen molar-refractivity contribution >= 4 is 22.6 Å². The van der Waals surface area contributed by atoms with Crippen LogP contribution in [-0.4, -0.2) is 45.5 Å². The van der Waals surface area contributed by atoms with E-state index in [1.807, 2.05) is 60.8 Å². The van der Waals surface area contributed by atoms with Gasteiger partial charge >= 0.3 is 6.03 Å². The summed E-state index contributed by atoms with van der Waals surface area (Å²) in [5, 5.41) is 8.53. The van der Waals surface area contributed by atoms with E-state index >= 15 is 0 Å². The Bertz CT molecular complexity index is 992. The van der Waals surface area contributed by atoms with E-state index in [0.717, 1.165) is 27.9 Å². The summed E-state index contributed by atoms with van der Waals surface area (Å²) in [6.45, 7) is 5.52. The van der Waals surface area contributed by atoms with Crippen molar-refractivity contribution in [2.75, 3.05) is 25.1 Å². The van der Waals surface area contributed by atoms with E-state index in [-0.39, 0.29) is 12.1 Å². The number of benzene rings is 1. The number of aromatic nitrogens is 3. The van der Waals surface area contributed by atoms with Gasteiger partial charge in [-0.05, 0) is 26.0 Å². The maximum absolute atomic E-state index is 13.1. The van der Waals surface area contributed by atoms with Gasteiger partial charge in [0.1, 0.15) is 0 Å². The molecule has 1 aliphatic rings. The number of rotatable bonds is 2. The van der Waals surface area contributed by atoms with Crippen molar-refractivity contribution < 1.29 is 9.53 Å². The molecule has 1 aliphatic heterocycles. The lowest BCUT2D eigenvalue weighted by atomic mass is 10.0. The fourth-order valence-corrected chi connectivity index (χ4v) is 3.75. The highest BCUT2D eigenvalue weighted by Gasteiger charge is 2.32. The zero-order chi connectivity index (χ0) is 19.0. The number of fused-ring (bicyclic) bond motifs is 1. The number of urea groups is 1. The molecule has 1 N–H and O–H groups in total. The zero-order valence-corrected chi connectivity index (χ0v) is 15.8. The first-order chi connectivity index (χ1) is 13.1. The molecule has 0 unspecified atom stereocenters. The maximum atomic E-state index is 13.1. The van der Waals surface area contributed by atoms with Crippen molar-refractivity contribution in [2.45, 2.75) is 19.9 Å². The normalized spacial score (nSPS) is 17.3. The van der Waals surface area contributed by atoms with E-state index in [0.29, 0.717) is 25.4 Å². The predicted octanol–water partition coefficient (Wildman–Crippen LogP) is 3.19. The smallest absolute Gasteiger partial charge is 0.322 e. The molecule has 4 rings (SSSR count). The zero-order valence-electron chi connectivity index (χ0n) is 15.8. The summed E-state index contributed by atoms with van der Waals surface area (Å²) in [5.74, 6) is 0. The number of carbonyl (C=O) groups is 1. The topological polar surface area (TPSA) is 72.3 Å². The van der Waals surface area contributed by atoms with Crippen molar-refractivity contribution in [2.24, 2.45) is 7.05 Å². The molecule has 1 fully saturated rings. The Morgan fingerprint density at radius 3 is 2.85 bits per heavy atom. The Kier molecular flexibility index (Phi) is 4.53. The van der Waals surface area contributed by atoms with Crippen LogP contribution in [0.1, 0.15) is 23.0 Å². The monoisotopic (exact) mass is 365 g/mol. The van der Waals surface area contributed by atoms with Gasteiger partial charge in [0.25, 0.3) is 0 Å². The number of para-hydroxylation sites is 1. The molecular weight excluding hydrogens is 342 g/mol. The highest BCUT2D eigenvalue weighted by Crippen LogP contribution is 2.30.